The van der Waals surface area contributed by atoms with E-state index in [4.69, 9.17) is 14.2 Å². The van der Waals surface area contributed by atoms with Crippen LogP contribution in [0.15, 0.2) is 47.4 Å². The molecule has 0 aromatic heterocycles. The van der Waals surface area contributed by atoms with Gasteiger partial charge in [-0.05, 0) is 48.0 Å². The monoisotopic (exact) mass is 472 g/mol. The van der Waals surface area contributed by atoms with Crippen molar-refractivity contribution in [2.24, 2.45) is 0 Å². The standard InChI is InChI=1S/C22H20N2O8S/c1-3-31-20(25)13-32-17-9-6-15(10-18(17)30-2)11-19-21(26)23(22(27)33-19)12-14-4-7-16(8-5-14)24(28)29/h4-11H,3,12-13H2,1-2H3/b19-11-. The Morgan fingerprint density at radius 2 is 1.88 bits per heavy atom. The van der Waals surface area contributed by atoms with Crippen molar-refractivity contribution < 1.29 is 33.5 Å². The second kappa shape index (κ2) is 10.6. The molecule has 0 bridgehead atoms. The lowest BCUT2D eigenvalue weighted by Gasteiger charge is -2.12. The maximum Gasteiger partial charge on any atom is 0.344 e. The molecule has 2 aromatic carbocycles. The van der Waals surface area contributed by atoms with Crippen LogP contribution in [0.1, 0.15) is 18.1 Å². The van der Waals surface area contributed by atoms with Gasteiger partial charge >= 0.3 is 5.97 Å². The first kappa shape index (κ1) is 23.8. The lowest BCUT2D eigenvalue weighted by molar-refractivity contribution is -0.384. The van der Waals surface area contributed by atoms with Gasteiger partial charge in [0.2, 0.25) is 0 Å². The van der Waals surface area contributed by atoms with E-state index in [0.29, 0.717) is 22.6 Å². The van der Waals surface area contributed by atoms with Gasteiger partial charge in [0, 0.05) is 12.1 Å². The van der Waals surface area contributed by atoms with E-state index in [1.807, 2.05) is 0 Å². The fraction of sp³-hybridized carbons (Fsp3) is 0.227. The van der Waals surface area contributed by atoms with Crippen molar-refractivity contribution in [2.45, 2.75) is 13.5 Å². The summed E-state index contributed by atoms with van der Waals surface area (Å²) in [6, 6.07) is 10.5. The summed E-state index contributed by atoms with van der Waals surface area (Å²) in [4.78, 5) is 48.2. The zero-order chi connectivity index (χ0) is 24.0. The van der Waals surface area contributed by atoms with Crippen molar-refractivity contribution in [1.29, 1.82) is 0 Å². The average molecular weight is 472 g/mol. The van der Waals surface area contributed by atoms with Crippen LogP contribution in [0.5, 0.6) is 11.5 Å². The van der Waals surface area contributed by atoms with E-state index in [2.05, 4.69) is 0 Å². The Balaban J connectivity index is 1.72. The number of nitrogens with zero attached hydrogens (tertiary/aromatic N) is 2. The summed E-state index contributed by atoms with van der Waals surface area (Å²) in [5.41, 5.74) is 1.11. The van der Waals surface area contributed by atoms with Crippen molar-refractivity contribution in [2.75, 3.05) is 20.3 Å². The number of amides is 2. The van der Waals surface area contributed by atoms with Crippen molar-refractivity contribution in [3.8, 4) is 11.5 Å². The highest BCUT2D eigenvalue weighted by Gasteiger charge is 2.35. The average Bonchev–Trinajstić information content (AvgIpc) is 3.06. The number of rotatable bonds is 9. The number of nitro benzene ring substituents is 1. The van der Waals surface area contributed by atoms with Crippen LogP contribution in [0.3, 0.4) is 0 Å². The number of methoxy groups -OCH3 is 1. The number of nitro groups is 1. The second-order valence-corrected chi connectivity index (χ2v) is 7.69. The van der Waals surface area contributed by atoms with Gasteiger partial charge in [-0.25, -0.2) is 4.79 Å². The highest BCUT2D eigenvalue weighted by Crippen LogP contribution is 2.35. The van der Waals surface area contributed by atoms with Gasteiger partial charge in [-0.3, -0.25) is 24.6 Å². The lowest BCUT2D eigenvalue weighted by Crippen LogP contribution is -2.27. The van der Waals surface area contributed by atoms with Crippen LogP contribution in [0.2, 0.25) is 0 Å². The Kier molecular flexibility index (Phi) is 7.67. The van der Waals surface area contributed by atoms with Crippen LogP contribution >= 0.6 is 11.8 Å². The van der Waals surface area contributed by atoms with Crippen molar-refractivity contribution in [3.63, 3.8) is 0 Å². The van der Waals surface area contributed by atoms with E-state index in [1.165, 1.54) is 31.4 Å². The Hall–Kier alpha value is -3.86. The van der Waals surface area contributed by atoms with Crippen molar-refractivity contribution in [1.82, 2.24) is 4.90 Å². The molecule has 0 spiro atoms. The van der Waals surface area contributed by atoms with E-state index in [1.54, 1.807) is 31.2 Å². The number of imide groups is 1. The highest BCUT2D eigenvalue weighted by atomic mass is 32.2. The number of benzene rings is 2. The fourth-order valence-corrected chi connectivity index (χ4v) is 3.76. The number of carbonyl (C=O) groups is 3. The van der Waals surface area contributed by atoms with Gasteiger partial charge in [-0.1, -0.05) is 18.2 Å². The van der Waals surface area contributed by atoms with E-state index < -0.39 is 22.0 Å². The molecule has 3 rings (SSSR count). The molecule has 1 heterocycles. The molecule has 1 aliphatic heterocycles. The molecule has 2 aromatic rings. The molecular formula is C22H20N2O8S. The first-order valence-corrected chi connectivity index (χ1v) is 10.6. The number of hydrogen-bond donors (Lipinski definition) is 0. The van der Waals surface area contributed by atoms with E-state index in [-0.39, 0.29) is 30.4 Å². The van der Waals surface area contributed by atoms with Crippen LogP contribution in [0.25, 0.3) is 6.08 Å². The molecule has 172 valence electrons. The number of hydrogen-bond acceptors (Lipinski definition) is 9. The summed E-state index contributed by atoms with van der Waals surface area (Å²) in [6.45, 7) is 1.67. The van der Waals surface area contributed by atoms with Crippen LogP contribution < -0.4 is 9.47 Å². The molecule has 11 heteroatoms. The fourth-order valence-electron chi connectivity index (χ4n) is 2.93. The number of thioether (sulfide) groups is 1. The Morgan fingerprint density at radius 1 is 1.15 bits per heavy atom. The van der Waals surface area contributed by atoms with Gasteiger partial charge in [0.15, 0.2) is 18.1 Å². The summed E-state index contributed by atoms with van der Waals surface area (Å²) < 4.78 is 15.5. The number of non-ortho nitro benzene ring substituents is 1. The predicted molar refractivity (Wildman–Crippen MR) is 120 cm³/mol. The third-order valence-electron chi connectivity index (χ3n) is 4.50. The number of esters is 1. The van der Waals surface area contributed by atoms with Crippen molar-refractivity contribution in [3.05, 3.63) is 68.6 Å². The Morgan fingerprint density at radius 3 is 2.52 bits per heavy atom. The second-order valence-electron chi connectivity index (χ2n) is 6.70. The van der Waals surface area contributed by atoms with Crippen LogP contribution in [0.4, 0.5) is 10.5 Å². The third-order valence-corrected chi connectivity index (χ3v) is 5.41. The largest absolute Gasteiger partial charge is 0.493 e. The smallest absolute Gasteiger partial charge is 0.344 e. The van der Waals surface area contributed by atoms with Gasteiger partial charge in [0.25, 0.3) is 16.8 Å². The summed E-state index contributed by atoms with van der Waals surface area (Å²) in [5.74, 6) is -0.303. The molecule has 1 fully saturated rings. The predicted octanol–water partition coefficient (Wildman–Crippen LogP) is 3.78. The molecule has 0 aliphatic carbocycles. The van der Waals surface area contributed by atoms with Gasteiger partial charge in [-0.15, -0.1) is 0 Å². The Labute approximate surface area is 193 Å². The molecule has 10 nitrogen and oxygen atoms in total. The van der Waals surface area contributed by atoms with Gasteiger partial charge in [-0.2, -0.15) is 0 Å². The number of ether oxygens (including phenoxy) is 3. The van der Waals surface area contributed by atoms with Gasteiger partial charge in [0.05, 0.1) is 30.1 Å². The topological polar surface area (TPSA) is 125 Å². The SMILES string of the molecule is CCOC(=O)COc1ccc(/C=C2\SC(=O)N(Cc3ccc([N+](=O)[O-])cc3)C2=O)cc1OC. The lowest BCUT2D eigenvalue weighted by atomic mass is 10.1. The minimum atomic E-state index is -0.520. The zero-order valence-corrected chi connectivity index (χ0v) is 18.6. The molecule has 0 unspecified atom stereocenters. The molecule has 1 saturated heterocycles. The quantitative estimate of drug-likeness (QED) is 0.232. The third kappa shape index (κ3) is 5.89. The zero-order valence-electron chi connectivity index (χ0n) is 17.8. The summed E-state index contributed by atoms with van der Waals surface area (Å²) in [6.07, 6.45) is 1.55. The first-order valence-electron chi connectivity index (χ1n) is 9.77. The van der Waals surface area contributed by atoms with E-state index in [0.717, 1.165) is 16.7 Å². The van der Waals surface area contributed by atoms with Gasteiger partial charge in [0.1, 0.15) is 0 Å². The Bertz CT molecular complexity index is 1110. The van der Waals surface area contributed by atoms with Crippen LogP contribution in [-0.4, -0.2) is 47.3 Å². The minimum Gasteiger partial charge on any atom is -0.493 e. The maximum absolute atomic E-state index is 12.8. The molecule has 0 atom stereocenters. The molecule has 2 amide bonds. The molecule has 0 radical (unpaired) electrons. The summed E-state index contributed by atoms with van der Waals surface area (Å²) in [5, 5.41) is 10.3. The molecule has 0 N–H and O–H groups in total. The van der Waals surface area contributed by atoms with E-state index >= 15 is 0 Å². The van der Waals surface area contributed by atoms with Crippen molar-refractivity contribution >= 4 is 40.6 Å². The molecular weight excluding hydrogens is 452 g/mol. The molecule has 0 saturated carbocycles. The first-order chi connectivity index (χ1) is 15.8. The van der Waals surface area contributed by atoms with E-state index in [9.17, 15) is 24.5 Å². The summed E-state index contributed by atoms with van der Waals surface area (Å²) >= 11 is 0.798. The normalized spacial score (nSPS) is 14.5. The minimum absolute atomic E-state index is 0.00393. The van der Waals surface area contributed by atoms with Crippen LogP contribution in [0, 0.1) is 10.1 Å². The molecule has 33 heavy (non-hydrogen) atoms. The highest BCUT2D eigenvalue weighted by molar-refractivity contribution is 8.18. The maximum atomic E-state index is 12.8. The van der Waals surface area contributed by atoms with Crippen LogP contribution in [-0.2, 0) is 20.9 Å². The summed E-state index contributed by atoms with van der Waals surface area (Å²) in [7, 11) is 1.44. The molecule has 1 aliphatic rings. The van der Waals surface area contributed by atoms with Gasteiger partial charge < -0.3 is 14.2 Å². The number of carbonyl (C=O) groups excluding carboxylic acids is 3.